The van der Waals surface area contributed by atoms with Gasteiger partial charge in [0, 0.05) is 21.7 Å². The van der Waals surface area contributed by atoms with E-state index >= 15 is 0 Å². The molecule has 1 aliphatic heterocycles. The molecule has 132 valence electrons. The molecule has 2 aromatic carbocycles. The topological polar surface area (TPSA) is 77.8 Å². The summed E-state index contributed by atoms with van der Waals surface area (Å²) in [6.45, 7) is 0. The average Bonchev–Trinajstić information content (AvgIpc) is 2.84. The summed E-state index contributed by atoms with van der Waals surface area (Å²) in [6.07, 6.45) is 1.55. The molecular weight excluding hydrogens is 417 g/mol. The number of hydrogen-bond acceptors (Lipinski definition) is 5. The maximum atomic E-state index is 12.7. The van der Waals surface area contributed by atoms with Crippen molar-refractivity contribution in [1.29, 1.82) is 0 Å². The minimum Gasteiger partial charge on any atom is -0.507 e. The normalized spacial score (nSPS) is 15.8. The minimum atomic E-state index is -1.27. The first kappa shape index (κ1) is 18.7. The van der Waals surface area contributed by atoms with E-state index in [-0.39, 0.29) is 15.6 Å². The number of carboxylic acid groups (broad SMARTS) is 1. The molecule has 0 spiro atoms. The van der Waals surface area contributed by atoms with E-state index in [1.165, 1.54) is 23.1 Å². The number of benzene rings is 2. The Morgan fingerprint density at radius 1 is 1.19 bits per heavy atom. The van der Waals surface area contributed by atoms with Gasteiger partial charge >= 0.3 is 5.97 Å². The molecule has 3 rings (SSSR count). The Hall–Kier alpha value is -2.06. The largest absolute Gasteiger partial charge is 0.507 e. The van der Waals surface area contributed by atoms with Crippen LogP contribution in [0.1, 0.15) is 15.9 Å². The molecule has 1 fully saturated rings. The van der Waals surface area contributed by atoms with E-state index in [2.05, 4.69) is 0 Å². The molecule has 0 aliphatic carbocycles. The number of thioether (sulfide) groups is 1. The molecule has 9 heteroatoms. The number of rotatable bonds is 3. The van der Waals surface area contributed by atoms with E-state index in [1.807, 2.05) is 0 Å². The van der Waals surface area contributed by atoms with Gasteiger partial charge < -0.3 is 10.2 Å². The zero-order chi connectivity index (χ0) is 19.0. The standard InChI is InChI=1S/C17H9Cl2NO4S2/c18-11-2-1-3-12(19)10(11)7-14-15(22)20(17(25)26-14)8-4-5-9(16(23)24)13(21)6-8/h1-7,21H,(H,23,24)/b14-7-. The average molecular weight is 426 g/mol. The number of hydrogen-bond donors (Lipinski definition) is 2. The Balaban J connectivity index is 1.99. The van der Waals surface area contributed by atoms with Crippen LogP contribution in [0.4, 0.5) is 5.69 Å². The van der Waals surface area contributed by atoms with Crippen LogP contribution in [0.25, 0.3) is 6.08 Å². The smallest absolute Gasteiger partial charge is 0.339 e. The highest BCUT2D eigenvalue weighted by Gasteiger charge is 2.34. The van der Waals surface area contributed by atoms with Crippen LogP contribution in [0.3, 0.4) is 0 Å². The minimum absolute atomic E-state index is 0.243. The third kappa shape index (κ3) is 3.43. The number of phenols is 1. The number of amides is 1. The number of halogens is 2. The van der Waals surface area contributed by atoms with E-state index in [1.54, 1.807) is 24.3 Å². The summed E-state index contributed by atoms with van der Waals surface area (Å²) >= 11 is 18.6. The number of nitrogens with zero attached hydrogens (tertiary/aromatic N) is 1. The number of carbonyl (C=O) groups is 2. The molecule has 0 radical (unpaired) electrons. The van der Waals surface area contributed by atoms with Crippen LogP contribution in [0.5, 0.6) is 5.75 Å². The van der Waals surface area contributed by atoms with Crippen molar-refractivity contribution >= 4 is 75.1 Å². The van der Waals surface area contributed by atoms with Crippen LogP contribution in [-0.4, -0.2) is 26.4 Å². The first-order valence-electron chi connectivity index (χ1n) is 7.08. The molecule has 0 atom stereocenters. The molecule has 0 bridgehead atoms. The van der Waals surface area contributed by atoms with E-state index in [4.69, 9.17) is 40.5 Å². The van der Waals surface area contributed by atoms with Crippen LogP contribution < -0.4 is 4.90 Å². The maximum absolute atomic E-state index is 12.7. The molecule has 1 heterocycles. The van der Waals surface area contributed by atoms with Gasteiger partial charge in [-0.15, -0.1) is 0 Å². The third-order valence-electron chi connectivity index (χ3n) is 3.54. The van der Waals surface area contributed by atoms with Crippen LogP contribution in [0.2, 0.25) is 10.0 Å². The van der Waals surface area contributed by atoms with Crippen molar-refractivity contribution in [2.24, 2.45) is 0 Å². The number of aromatic carboxylic acids is 1. The van der Waals surface area contributed by atoms with Crippen LogP contribution >= 0.6 is 47.2 Å². The van der Waals surface area contributed by atoms with E-state index in [9.17, 15) is 14.7 Å². The third-order valence-corrected chi connectivity index (χ3v) is 5.50. The van der Waals surface area contributed by atoms with Crippen molar-refractivity contribution in [2.75, 3.05) is 4.90 Å². The molecule has 0 saturated carbocycles. The molecule has 26 heavy (non-hydrogen) atoms. The molecule has 0 unspecified atom stereocenters. The molecule has 2 N–H and O–H groups in total. The van der Waals surface area contributed by atoms with Gasteiger partial charge in [0.05, 0.1) is 10.6 Å². The van der Waals surface area contributed by atoms with E-state index in [0.717, 1.165) is 11.8 Å². The molecule has 1 aliphatic rings. The van der Waals surface area contributed by atoms with Crippen LogP contribution in [0.15, 0.2) is 41.3 Å². The number of carboxylic acids is 1. The first-order chi connectivity index (χ1) is 12.3. The zero-order valence-electron chi connectivity index (χ0n) is 12.8. The van der Waals surface area contributed by atoms with Crippen molar-refractivity contribution in [3.63, 3.8) is 0 Å². The summed E-state index contributed by atoms with van der Waals surface area (Å²) in [5.74, 6) is -2.15. The fraction of sp³-hybridized carbons (Fsp3) is 0. The fourth-order valence-electron chi connectivity index (χ4n) is 2.31. The summed E-state index contributed by atoms with van der Waals surface area (Å²) in [6, 6.07) is 8.80. The van der Waals surface area contributed by atoms with Crippen LogP contribution in [0, 0.1) is 0 Å². The van der Waals surface area contributed by atoms with Gasteiger partial charge in [0.2, 0.25) is 0 Å². The van der Waals surface area contributed by atoms with E-state index in [0.29, 0.717) is 20.5 Å². The molecule has 5 nitrogen and oxygen atoms in total. The number of carbonyl (C=O) groups excluding carboxylic acids is 1. The molecule has 1 amide bonds. The summed E-state index contributed by atoms with van der Waals surface area (Å²) in [7, 11) is 0. The lowest BCUT2D eigenvalue weighted by Crippen LogP contribution is -2.27. The molecule has 0 aromatic heterocycles. The van der Waals surface area contributed by atoms with Crippen molar-refractivity contribution in [2.45, 2.75) is 0 Å². The Morgan fingerprint density at radius 3 is 2.42 bits per heavy atom. The highest BCUT2D eigenvalue weighted by Crippen LogP contribution is 2.39. The number of aromatic hydroxyl groups is 1. The number of thiocarbonyl (C=S) groups is 1. The monoisotopic (exact) mass is 425 g/mol. The van der Waals surface area contributed by atoms with Gasteiger partial charge in [-0.25, -0.2) is 4.79 Å². The second kappa shape index (κ2) is 7.28. The van der Waals surface area contributed by atoms with Gasteiger partial charge in [-0.1, -0.05) is 53.2 Å². The van der Waals surface area contributed by atoms with Gasteiger partial charge in [-0.05, 0) is 30.3 Å². The Kier molecular flexibility index (Phi) is 5.24. The summed E-state index contributed by atoms with van der Waals surface area (Å²) < 4.78 is 0.243. The van der Waals surface area contributed by atoms with Gasteiger partial charge in [0.15, 0.2) is 4.32 Å². The highest BCUT2D eigenvalue weighted by molar-refractivity contribution is 8.27. The van der Waals surface area contributed by atoms with Crippen molar-refractivity contribution in [3.8, 4) is 5.75 Å². The molecule has 1 saturated heterocycles. The Bertz CT molecular complexity index is 970. The molecule has 2 aromatic rings. The lowest BCUT2D eigenvalue weighted by molar-refractivity contribution is -0.113. The Labute approximate surface area is 167 Å². The van der Waals surface area contributed by atoms with Gasteiger partial charge in [-0.2, -0.15) is 0 Å². The fourth-order valence-corrected chi connectivity index (χ4v) is 4.10. The first-order valence-corrected chi connectivity index (χ1v) is 9.06. The van der Waals surface area contributed by atoms with Crippen molar-refractivity contribution in [3.05, 3.63) is 62.5 Å². The summed E-state index contributed by atoms with van der Waals surface area (Å²) in [5, 5.41) is 19.6. The second-order valence-electron chi connectivity index (χ2n) is 5.16. The lowest BCUT2D eigenvalue weighted by Gasteiger charge is -2.15. The second-order valence-corrected chi connectivity index (χ2v) is 7.65. The van der Waals surface area contributed by atoms with Gasteiger partial charge in [0.1, 0.15) is 11.3 Å². The molecular formula is C17H9Cl2NO4S2. The lowest BCUT2D eigenvalue weighted by atomic mass is 10.1. The Morgan fingerprint density at radius 2 is 1.85 bits per heavy atom. The number of anilines is 1. The van der Waals surface area contributed by atoms with E-state index < -0.39 is 17.6 Å². The van der Waals surface area contributed by atoms with Gasteiger partial charge in [0.25, 0.3) is 5.91 Å². The maximum Gasteiger partial charge on any atom is 0.339 e. The van der Waals surface area contributed by atoms with Gasteiger partial charge in [-0.3, -0.25) is 9.69 Å². The predicted octanol–water partition coefficient (Wildman–Crippen LogP) is 4.80. The van der Waals surface area contributed by atoms with Crippen molar-refractivity contribution in [1.82, 2.24) is 0 Å². The quantitative estimate of drug-likeness (QED) is 0.542. The van der Waals surface area contributed by atoms with Crippen molar-refractivity contribution < 1.29 is 19.8 Å². The highest BCUT2D eigenvalue weighted by atomic mass is 35.5. The van der Waals surface area contributed by atoms with Crippen LogP contribution in [-0.2, 0) is 4.79 Å². The SMILES string of the molecule is O=C(O)c1ccc(N2C(=O)/C(=C/c3c(Cl)cccc3Cl)SC2=S)cc1O. The zero-order valence-corrected chi connectivity index (χ0v) is 15.9. The predicted molar refractivity (Wildman–Crippen MR) is 107 cm³/mol. The summed E-state index contributed by atoms with van der Waals surface area (Å²) in [4.78, 5) is 25.3. The summed E-state index contributed by atoms with van der Waals surface area (Å²) in [5.41, 5.74) is 0.502.